The van der Waals surface area contributed by atoms with Gasteiger partial charge in [-0.25, -0.2) is 4.79 Å². The standard InChI is InChI=1S/C24H26N4O3S/c1-14(2)10-20(23(29)28(4)13-25)26-22-21(15(3)27-32-22)18-8-6-17-12-19(24(30)31-5)9-7-16(17)11-18/h6-9,11-12,14,20,26H,10H2,1-5H3. The molecule has 1 aromatic heterocycles. The molecule has 0 saturated heterocycles. The third-order valence-corrected chi connectivity index (χ3v) is 6.07. The number of methoxy groups -OCH3 is 1. The van der Waals surface area contributed by atoms with Crippen LogP contribution in [0, 0.1) is 24.3 Å². The number of ether oxygens (including phenoxy) is 1. The van der Waals surface area contributed by atoms with Crippen molar-refractivity contribution >= 4 is 39.2 Å². The molecule has 0 fully saturated rings. The van der Waals surface area contributed by atoms with Gasteiger partial charge in [0.05, 0.1) is 18.4 Å². The van der Waals surface area contributed by atoms with E-state index in [4.69, 9.17) is 10.00 Å². The summed E-state index contributed by atoms with van der Waals surface area (Å²) in [5, 5.41) is 15.2. The number of esters is 1. The van der Waals surface area contributed by atoms with Crippen molar-refractivity contribution in [1.82, 2.24) is 9.27 Å². The van der Waals surface area contributed by atoms with Gasteiger partial charge in [-0.1, -0.05) is 32.0 Å². The van der Waals surface area contributed by atoms with Gasteiger partial charge in [-0.05, 0) is 65.3 Å². The van der Waals surface area contributed by atoms with Crippen LogP contribution >= 0.6 is 11.5 Å². The van der Waals surface area contributed by atoms with Crippen LogP contribution < -0.4 is 5.32 Å². The summed E-state index contributed by atoms with van der Waals surface area (Å²) in [7, 11) is 2.84. The summed E-state index contributed by atoms with van der Waals surface area (Å²) in [6.45, 7) is 6.01. The van der Waals surface area contributed by atoms with Gasteiger partial charge >= 0.3 is 5.97 Å². The third-order valence-electron chi connectivity index (χ3n) is 5.20. The molecular formula is C24H26N4O3S. The second-order valence-corrected chi connectivity index (χ2v) is 8.84. The van der Waals surface area contributed by atoms with E-state index in [1.807, 2.05) is 51.2 Å². The minimum Gasteiger partial charge on any atom is -0.465 e. The summed E-state index contributed by atoms with van der Waals surface area (Å²) in [5.74, 6) is -0.374. The maximum Gasteiger partial charge on any atom is 0.337 e. The number of aryl methyl sites for hydroxylation is 1. The Morgan fingerprint density at radius 2 is 1.91 bits per heavy atom. The molecule has 166 valence electrons. The average molecular weight is 451 g/mol. The number of nitriles is 1. The van der Waals surface area contributed by atoms with Gasteiger partial charge in [0.1, 0.15) is 11.0 Å². The minimum absolute atomic E-state index is 0.269. The lowest BCUT2D eigenvalue weighted by Crippen LogP contribution is -2.39. The number of carbonyl (C=O) groups excluding carboxylic acids is 2. The van der Waals surface area contributed by atoms with E-state index in [0.29, 0.717) is 12.0 Å². The SMILES string of the molecule is COC(=O)c1ccc2cc(-c3c(C)nsc3NC(CC(C)C)C(=O)N(C)C#N)ccc2c1. The Hall–Kier alpha value is -3.44. The van der Waals surface area contributed by atoms with E-state index in [9.17, 15) is 9.59 Å². The molecule has 0 aliphatic rings. The summed E-state index contributed by atoms with van der Waals surface area (Å²) in [6, 6.07) is 10.9. The Labute approximate surface area is 191 Å². The predicted octanol–water partition coefficient (Wildman–Crippen LogP) is 4.82. The quantitative estimate of drug-likeness (QED) is 0.315. The summed E-state index contributed by atoms with van der Waals surface area (Å²) in [5.41, 5.74) is 3.24. The van der Waals surface area contributed by atoms with E-state index in [0.717, 1.165) is 37.5 Å². The highest BCUT2D eigenvalue weighted by molar-refractivity contribution is 7.11. The molecule has 8 heteroatoms. The van der Waals surface area contributed by atoms with Gasteiger partial charge in [-0.3, -0.25) is 9.69 Å². The molecule has 0 spiro atoms. The fourth-order valence-electron chi connectivity index (χ4n) is 3.59. The molecule has 1 heterocycles. The summed E-state index contributed by atoms with van der Waals surface area (Å²) >= 11 is 1.30. The molecule has 3 rings (SSSR count). The van der Waals surface area contributed by atoms with Crippen molar-refractivity contribution < 1.29 is 14.3 Å². The number of nitrogens with one attached hydrogen (secondary N) is 1. The molecule has 1 amide bonds. The van der Waals surface area contributed by atoms with Crippen molar-refractivity contribution in [2.24, 2.45) is 5.92 Å². The predicted molar refractivity (Wildman–Crippen MR) is 126 cm³/mol. The van der Waals surface area contributed by atoms with E-state index in [2.05, 4.69) is 9.69 Å². The second kappa shape index (κ2) is 9.79. The monoisotopic (exact) mass is 450 g/mol. The molecule has 0 aliphatic carbocycles. The Kier molecular flexibility index (Phi) is 7.11. The van der Waals surface area contributed by atoms with Crippen molar-refractivity contribution in [3.8, 4) is 17.3 Å². The number of nitrogens with zero attached hydrogens (tertiary/aromatic N) is 3. The van der Waals surface area contributed by atoms with E-state index in [1.54, 1.807) is 12.1 Å². The van der Waals surface area contributed by atoms with Crippen LogP contribution in [0.25, 0.3) is 21.9 Å². The number of anilines is 1. The normalized spacial score (nSPS) is 11.8. The Morgan fingerprint density at radius 1 is 1.22 bits per heavy atom. The van der Waals surface area contributed by atoms with Crippen molar-refractivity contribution in [1.29, 1.82) is 5.26 Å². The zero-order chi connectivity index (χ0) is 23.4. The smallest absolute Gasteiger partial charge is 0.337 e. The molecule has 1 N–H and O–H groups in total. The fraction of sp³-hybridized carbons (Fsp3) is 0.333. The molecule has 32 heavy (non-hydrogen) atoms. The molecule has 3 aromatic rings. The number of likely N-dealkylation sites (N-methyl/N-ethyl adjacent to an activating group) is 1. The van der Waals surface area contributed by atoms with Crippen LogP contribution in [0.1, 0.15) is 36.3 Å². The maximum atomic E-state index is 12.7. The van der Waals surface area contributed by atoms with Crippen molar-refractivity contribution in [2.75, 3.05) is 19.5 Å². The second-order valence-electron chi connectivity index (χ2n) is 8.06. The number of amides is 1. The lowest BCUT2D eigenvalue weighted by molar-refractivity contribution is -0.128. The molecule has 1 atom stereocenters. The van der Waals surface area contributed by atoms with E-state index >= 15 is 0 Å². The van der Waals surface area contributed by atoms with Gasteiger partial charge in [0.25, 0.3) is 5.91 Å². The number of carbonyl (C=O) groups is 2. The third kappa shape index (κ3) is 4.89. The van der Waals surface area contributed by atoms with Gasteiger partial charge in [0.15, 0.2) is 6.19 Å². The Balaban J connectivity index is 1.98. The van der Waals surface area contributed by atoms with Crippen LogP contribution in [0.4, 0.5) is 5.00 Å². The highest BCUT2D eigenvalue weighted by Gasteiger charge is 2.26. The van der Waals surface area contributed by atoms with Crippen molar-refractivity contribution in [3.63, 3.8) is 0 Å². The topological polar surface area (TPSA) is 95.3 Å². The molecule has 1 unspecified atom stereocenters. The van der Waals surface area contributed by atoms with Gasteiger partial charge in [0, 0.05) is 12.6 Å². The first-order valence-electron chi connectivity index (χ1n) is 10.3. The Morgan fingerprint density at radius 3 is 2.56 bits per heavy atom. The van der Waals surface area contributed by atoms with Gasteiger partial charge in [-0.2, -0.15) is 9.64 Å². The van der Waals surface area contributed by atoms with E-state index in [1.165, 1.54) is 25.7 Å². The van der Waals surface area contributed by atoms with Gasteiger partial charge < -0.3 is 10.1 Å². The zero-order valence-electron chi connectivity index (χ0n) is 18.8. The molecule has 0 bridgehead atoms. The zero-order valence-corrected chi connectivity index (χ0v) is 19.6. The largest absolute Gasteiger partial charge is 0.465 e. The first-order chi connectivity index (χ1) is 15.2. The lowest BCUT2D eigenvalue weighted by Gasteiger charge is -2.22. The fourth-order valence-corrected chi connectivity index (χ4v) is 4.46. The number of hydrogen-bond donors (Lipinski definition) is 1. The summed E-state index contributed by atoms with van der Waals surface area (Å²) in [6.07, 6.45) is 2.48. The molecule has 0 radical (unpaired) electrons. The highest BCUT2D eigenvalue weighted by atomic mass is 32.1. The van der Waals surface area contributed by atoms with Crippen LogP contribution in [-0.2, 0) is 9.53 Å². The van der Waals surface area contributed by atoms with Gasteiger partial charge in [-0.15, -0.1) is 0 Å². The van der Waals surface area contributed by atoms with Crippen LogP contribution in [0.15, 0.2) is 36.4 Å². The first-order valence-corrected chi connectivity index (χ1v) is 11.0. The first kappa shape index (κ1) is 23.2. The molecular weight excluding hydrogens is 424 g/mol. The number of benzene rings is 2. The maximum absolute atomic E-state index is 12.7. The molecule has 7 nitrogen and oxygen atoms in total. The Bertz CT molecular complexity index is 1200. The number of fused-ring (bicyclic) bond motifs is 1. The average Bonchev–Trinajstić information content (AvgIpc) is 3.15. The minimum atomic E-state index is -0.527. The van der Waals surface area contributed by atoms with Crippen molar-refractivity contribution in [3.05, 3.63) is 47.7 Å². The van der Waals surface area contributed by atoms with E-state index < -0.39 is 6.04 Å². The summed E-state index contributed by atoms with van der Waals surface area (Å²) < 4.78 is 9.31. The number of hydrogen-bond acceptors (Lipinski definition) is 7. The van der Waals surface area contributed by atoms with Crippen LogP contribution in [0.5, 0.6) is 0 Å². The van der Waals surface area contributed by atoms with E-state index in [-0.39, 0.29) is 17.8 Å². The van der Waals surface area contributed by atoms with Gasteiger partial charge in [0.2, 0.25) is 0 Å². The van der Waals surface area contributed by atoms with Crippen LogP contribution in [0.3, 0.4) is 0 Å². The highest BCUT2D eigenvalue weighted by Crippen LogP contribution is 2.37. The summed E-state index contributed by atoms with van der Waals surface area (Å²) in [4.78, 5) is 25.6. The van der Waals surface area contributed by atoms with Crippen LogP contribution in [-0.4, -0.2) is 41.3 Å². The van der Waals surface area contributed by atoms with Crippen LogP contribution in [0.2, 0.25) is 0 Å². The lowest BCUT2D eigenvalue weighted by atomic mass is 9.99. The number of rotatable bonds is 7. The molecule has 0 aliphatic heterocycles. The molecule has 2 aromatic carbocycles. The molecule has 0 saturated carbocycles. The van der Waals surface area contributed by atoms with Crippen molar-refractivity contribution in [2.45, 2.75) is 33.2 Å². The number of aromatic nitrogens is 1.